The van der Waals surface area contributed by atoms with Gasteiger partial charge in [0, 0.05) is 19.0 Å². The van der Waals surface area contributed by atoms with E-state index in [4.69, 9.17) is 0 Å². The standard InChI is InChI=1S/C26H34N4O5/c1-18(2)29-26(35)27-15-7-6-10-23(31)28-17-24(32)30-22(16-25(33)34)21-13-11-20(12-14-21)19-8-4-3-5-9-19/h3-5,8-9,11-14,18,22H,6-7,10,15-17H2,1-2H3,(H,28,31)(H,30,32)(H,33,34)(H2,27,29,35). The molecule has 9 heteroatoms. The minimum Gasteiger partial charge on any atom is -0.481 e. The molecule has 0 aromatic heterocycles. The number of carboxylic acids is 1. The number of rotatable bonds is 13. The summed E-state index contributed by atoms with van der Waals surface area (Å²) in [7, 11) is 0. The third-order valence-electron chi connectivity index (χ3n) is 5.12. The van der Waals surface area contributed by atoms with E-state index in [0.717, 1.165) is 11.1 Å². The van der Waals surface area contributed by atoms with Gasteiger partial charge in [-0.2, -0.15) is 0 Å². The van der Waals surface area contributed by atoms with Crippen LogP contribution in [0.15, 0.2) is 54.6 Å². The summed E-state index contributed by atoms with van der Waals surface area (Å²) >= 11 is 0. The van der Waals surface area contributed by atoms with E-state index < -0.39 is 17.9 Å². The van der Waals surface area contributed by atoms with Crippen molar-refractivity contribution in [3.05, 3.63) is 60.2 Å². The third-order valence-corrected chi connectivity index (χ3v) is 5.12. The average molecular weight is 483 g/mol. The molecule has 9 nitrogen and oxygen atoms in total. The second-order valence-corrected chi connectivity index (χ2v) is 8.49. The van der Waals surface area contributed by atoms with Crippen LogP contribution < -0.4 is 21.3 Å². The first-order valence-corrected chi connectivity index (χ1v) is 11.7. The van der Waals surface area contributed by atoms with Crippen molar-refractivity contribution in [2.75, 3.05) is 13.1 Å². The number of aliphatic carboxylic acids is 1. The molecule has 2 rings (SSSR count). The number of amides is 4. The lowest BCUT2D eigenvalue weighted by Gasteiger charge is -2.18. The molecular weight excluding hydrogens is 448 g/mol. The zero-order chi connectivity index (χ0) is 25.6. The van der Waals surface area contributed by atoms with E-state index >= 15 is 0 Å². The Hall–Kier alpha value is -3.88. The van der Waals surface area contributed by atoms with Crippen molar-refractivity contribution in [1.29, 1.82) is 0 Å². The molecule has 0 fully saturated rings. The Morgan fingerprint density at radius 2 is 1.46 bits per heavy atom. The van der Waals surface area contributed by atoms with Gasteiger partial charge in [-0.25, -0.2) is 4.79 Å². The minimum absolute atomic E-state index is 0.0515. The SMILES string of the molecule is CC(C)NC(=O)NCCCCC(=O)NCC(=O)NC(CC(=O)O)c1ccc(-c2ccccc2)cc1. The van der Waals surface area contributed by atoms with Crippen molar-refractivity contribution in [3.8, 4) is 11.1 Å². The fraction of sp³-hybridized carbons (Fsp3) is 0.385. The summed E-state index contributed by atoms with van der Waals surface area (Å²) in [5, 5.41) is 19.9. The predicted molar refractivity (Wildman–Crippen MR) is 134 cm³/mol. The van der Waals surface area contributed by atoms with Crippen molar-refractivity contribution >= 4 is 23.8 Å². The predicted octanol–water partition coefficient (Wildman–Crippen LogP) is 2.98. The molecule has 0 saturated carbocycles. The Balaban J connectivity index is 1.78. The molecule has 0 heterocycles. The maximum absolute atomic E-state index is 12.4. The zero-order valence-electron chi connectivity index (χ0n) is 20.2. The lowest BCUT2D eigenvalue weighted by Crippen LogP contribution is -2.40. The van der Waals surface area contributed by atoms with Crippen LogP contribution in [0.4, 0.5) is 4.79 Å². The van der Waals surface area contributed by atoms with Crippen LogP contribution in [0.5, 0.6) is 0 Å². The molecule has 188 valence electrons. The van der Waals surface area contributed by atoms with Gasteiger partial charge in [-0.1, -0.05) is 54.6 Å². The number of unbranched alkanes of at least 4 members (excludes halogenated alkanes) is 1. The second kappa shape index (κ2) is 14.4. The first-order chi connectivity index (χ1) is 16.7. The monoisotopic (exact) mass is 482 g/mol. The van der Waals surface area contributed by atoms with Crippen LogP contribution in [0, 0.1) is 0 Å². The highest BCUT2D eigenvalue weighted by Gasteiger charge is 2.18. The molecule has 0 aliphatic heterocycles. The number of hydrogen-bond acceptors (Lipinski definition) is 4. The molecule has 0 radical (unpaired) electrons. The van der Waals surface area contributed by atoms with Crippen LogP contribution in [-0.2, 0) is 14.4 Å². The molecule has 1 unspecified atom stereocenters. The fourth-order valence-electron chi connectivity index (χ4n) is 3.40. The maximum atomic E-state index is 12.4. The number of benzene rings is 2. The summed E-state index contributed by atoms with van der Waals surface area (Å²) in [5.41, 5.74) is 2.69. The normalized spacial score (nSPS) is 11.4. The van der Waals surface area contributed by atoms with Crippen molar-refractivity contribution in [2.45, 2.75) is 51.6 Å². The summed E-state index contributed by atoms with van der Waals surface area (Å²) in [4.78, 5) is 47.2. The van der Waals surface area contributed by atoms with Gasteiger partial charge in [0.1, 0.15) is 0 Å². The minimum atomic E-state index is -1.04. The van der Waals surface area contributed by atoms with Crippen molar-refractivity contribution in [2.24, 2.45) is 0 Å². The molecule has 0 spiro atoms. The van der Waals surface area contributed by atoms with Crippen molar-refractivity contribution < 1.29 is 24.3 Å². The maximum Gasteiger partial charge on any atom is 0.314 e. The van der Waals surface area contributed by atoms with E-state index in [9.17, 15) is 24.3 Å². The van der Waals surface area contributed by atoms with Crippen LogP contribution in [0.1, 0.15) is 51.1 Å². The number of urea groups is 1. The van der Waals surface area contributed by atoms with Gasteiger partial charge in [-0.3, -0.25) is 14.4 Å². The number of hydrogen-bond donors (Lipinski definition) is 5. The molecule has 2 aromatic carbocycles. The number of carbonyl (C=O) groups is 4. The van der Waals surface area contributed by atoms with E-state index in [-0.39, 0.29) is 37.4 Å². The number of nitrogens with one attached hydrogen (secondary N) is 4. The highest BCUT2D eigenvalue weighted by atomic mass is 16.4. The topological polar surface area (TPSA) is 137 Å². The molecule has 0 saturated heterocycles. The second-order valence-electron chi connectivity index (χ2n) is 8.49. The largest absolute Gasteiger partial charge is 0.481 e. The summed E-state index contributed by atoms with van der Waals surface area (Å²) in [6.45, 7) is 3.94. The Morgan fingerprint density at radius 1 is 0.800 bits per heavy atom. The summed E-state index contributed by atoms with van der Waals surface area (Å²) in [5.74, 6) is -1.79. The highest BCUT2D eigenvalue weighted by Crippen LogP contribution is 2.23. The van der Waals surface area contributed by atoms with Gasteiger partial charge in [0.05, 0.1) is 19.0 Å². The molecule has 0 aliphatic carbocycles. The molecule has 0 aliphatic rings. The summed E-state index contributed by atoms with van der Waals surface area (Å²) < 4.78 is 0. The lowest BCUT2D eigenvalue weighted by atomic mass is 9.99. The Labute approximate surface area is 205 Å². The molecular formula is C26H34N4O5. The van der Waals surface area contributed by atoms with Gasteiger partial charge in [-0.15, -0.1) is 0 Å². The first kappa shape index (κ1) is 27.4. The van der Waals surface area contributed by atoms with E-state index in [2.05, 4.69) is 21.3 Å². The van der Waals surface area contributed by atoms with E-state index in [1.165, 1.54) is 0 Å². The van der Waals surface area contributed by atoms with Crippen molar-refractivity contribution in [1.82, 2.24) is 21.3 Å². The Kier molecular flexibility index (Phi) is 11.3. The van der Waals surface area contributed by atoms with Gasteiger partial charge < -0.3 is 26.4 Å². The molecule has 2 aromatic rings. The number of carbonyl (C=O) groups excluding carboxylic acids is 3. The van der Waals surface area contributed by atoms with Crippen LogP contribution in [0.2, 0.25) is 0 Å². The molecule has 5 N–H and O–H groups in total. The van der Waals surface area contributed by atoms with Crippen LogP contribution >= 0.6 is 0 Å². The highest BCUT2D eigenvalue weighted by molar-refractivity contribution is 5.85. The number of carboxylic acid groups (broad SMARTS) is 1. The summed E-state index contributed by atoms with van der Waals surface area (Å²) in [6, 6.07) is 16.2. The molecule has 0 bridgehead atoms. The quantitative estimate of drug-likeness (QED) is 0.280. The Bertz CT molecular complexity index is 977. The van der Waals surface area contributed by atoms with E-state index in [0.29, 0.717) is 24.9 Å². The van der Waals surface area contributed by atoms with E-state index in [1.807, 2.05) is 56.3 Å². The van der Waals surface area contributed by atoms with Gasteiger partial charge in [-0.05, 0) is 43.4 Å². The average Bonchev–Trinajstić information content (AvgIpc) is 2.82. The zero-order valence-corrected chi connectivity index (χ0v) is 20.2. The molecule has 1 atom stereocenters. The van der Waals surface area contributed by atoms with Crippen LogP contribution in [0.3, 0.4) is 0 Å². The van der Waals surface area contributed by atoms with Crippen LogP contribution in [0.25, 0.3) is 11.1 Å². The van der Waals surface area contributed by atoms with Gasteiger partial charge in [0.25, 0.3) is 0 Å². The van der Waals surface area contributed by atoms with Gasteiger partial charge >= 0.3 is 12.0 Å². The third kappa shape index (κ3) is 10.7. The lowest BCUT2D eigenvalue weighted by molar-refractivity contribution is -0.138. The first-order valence-electron chi connectivity index (χ1n) is 11.7. The summed E-state index contributed by atoms with van der Waals surface area (Å²) in [6.07, 6.45) is 1.14. The van der Waals surface area contributed by atoms with Gasteiger partial charge in [0.15, 0.2) is 0 Å². The van der Waals surface area contributed by atoms with Crippen LogP contribution in [-0.4, -0.2) is 48.1 Å². The molecule has 4 amide bonds. The smallest absolute Gasteiger partial charge is 0.314 e. The van der Waals surface area contributed by atoms with Crippen molar-refractivity contribution in [3.63, 3.8) is 0 Å². The molecule has 35 heavy (non-hydrogen) atoms. The fourth-order valence-corrected chi connectivity index (χ4v) is 3.40. The Morgan fingerprint density at radius 3 is 2.09 bits per heavy atom. The van der Waals surface area contributed by atoms with E-state index in [1.54, 1.807) is 12.1 Å². The van der Waals surface area contributed by atoms with Gasteiger partial charge in [0.2, 0.25) is 11.8 Å².